The van der Waals surface area contributed by atoms with E-state index in [2.05, 4.69) is 0 Å². The molecule has 8 nitrogen and oxygen atoms in total. The van der Waals surface area contributed by atoms with Crippen molar-refractivity contribution in [2.45, 2.75) is 90.1 Å². The normalized spacial score (nSPS) is 31.3. The van der Waals surface area contributed by atoms with Gasteiger partial charge < -0.3 is 24.1 Å². The molecule has 1 saturated carbocycles. The number of allylic oxidation sites excluding steroid dienone is 4. The Balaban J connectivity index is 1.64. The maximum absolute atomic E-state index is 14.5. The molecule has 3 aliphatic carbocycles. The van der Waals surface area contributed by atoms with Gasteiger partial charge in [-0.3, -0.25) is 14.4 Å². The summed E-state index contributed by atoms with van der Waals surface area (Å²) in [6.45, 7) is 13.6. The zero-order chi connectivity index (χ0) is 29.7. The van der Waals surface area contributed by atoms with E-state index in [9.17, 15) is 19.5 Å². The fraction of sp³-hybridized carbons (Fsp3) is 0.485. The summed E-state index contributed by atoms with van der Waals surface area (Å²) < 4.78 is 25.2. The number of phenols is 1. The predicted molar refractivity (Wildman–Crippen MR) is 151 cm³/mol. The number of ether oxygens (including phenoxy) is 4. The van der Waals surface area contributed by atoms with Gasteiger partial charge in [0.15, 0.2) is 22.8 Å². The van der Waals surface area contributed by atoms with Crippen LogP contribution < -0.4 is 9.47 Å². The molecule has 0 radical (unpaired) electrons. The Labute approximate surface area is 239 Å². The van der Waals surface area contributed by atoms with Crippen molar-refractivity contribution in [1.29, 1.82) is 0 Å². The van der Waals surface area contributed by atoms with E-state index in [1.54, 1.807) is 25.2 Å². The van der Waals surface area contributed by atoms with Gasteiger partial charge in [-0.1, -0.05) is 17.7 Å². The Bertz CT molecular complexity index is 1530. The van der Waals surface area contributed by atoms with Gasteiger partial charge in [-0.25, -0.2) is 0 Å². The topological polar surface area (TPSA) is 108 Å². The summed E-state index contributed by atoms with van der Waals surface area (Å²) >= 11 is 0. The van der Waals surface area contributed by atoms with E-state index in [1.165, 1.54) is 0 Å². The van der Waals surface area contributed by atoms with Crippen LogP contribution in [0, 0.1) is 11.8 Å². The second-order valence-corrected chi connectivity index (χ2v) is 13.1. The first-order valence-corrected chi connectivity index (χ1v) is 14.1. The van der Waals surface area contributed by atoms with Crippen molar-refractivity contribution >= 4 is 24.1 Å². The highest BCUT2D eigenvalue weighted by Crippen LogP contribution is 2.68. The number of carbonyl (C=O) groups is 3. The monoisotopic (exact) mass is 560 g/mol. The van der Waals surface area contributed by atoms with E-state index >= 15 is 0 Å². The smallest absolute Gasteiger partial charge is 0.298 e. The minimum absolute atomic E-state index is 0.0500. The first-order chi connectivity index (χ1) is 19.2. The minimum atomic E-state index is -1.53. The van der Waals surface area contributed by atoms with Crippen molar-refractivity contribution < 1.29 is 38.4 Å². The molecule has 1 saturated heterocycles. The lowest BCUT2D eigenvalue weighted by molar-refractivity contribution is -0.171. The molecular weight excluding hydrogens is 524 g/mol. The standard InChI is InChI=1S/C33H36O8/c1-17(2)8-9-21-27-20(11-12-30(4,5)39-27)25(35)24-26(36)22-14-19-15-23-31(6,7)41-32(29(19)37,13-10-18(3)38-16-34)33(22,23)40-28(21)24/h8,10-12,14,16,19,23,35H,9,13,15H2,1-7H3/b18-10-/t19-,23?,32?,33-/m1/s1. The number of aromatic hydroxyl groups is 1. The zero-order valence-corrected chi connectivity index (χ0v) is 24.5. The minimum Gasteiger partial charge on any atom is -0.506 e. The lowest BCUT2D eigenvalue weighted by Crippen LogP contribution is -2.72. The van der Waals surface area contributed by atoms with Crippen LogP contribution in [0.5, 0.6) is 17.2 Å². The number of rotatable bonds is 6. The highest BCUT2D eigenvalue weighted by molar-refractivity contribution is 6.19. The van der Waals surface area contributed by atoms with Crippen LogP contribution in [0.2, 0.25) is 0 Å². The molecule has 0 amide bonds. The molecule has 7 rings (SSSR count). The van der Waals surface area contributed by atoms with Crippen molar-refractivity contribution in [2.75, 3.05) is 0 Å². The third-order valence-corrected chi connectivity index (χ3v) is 9.25. The van der Waals surface area contributed by atoms with Crippen molar-refractivity contribution in [3.05, 3.63) is 57.9 Å². The fourth-order valence-corrected chi connectivity index (χ4v) is 7.47. The SMILES string of the molecule is CC(C)=CCc1c2c(c(O)c3c1O[C@]14C(=C[C@@H]5CC1C(C)(C)OC4(C/C=C(/C)OC=O)C5=O)C3=O)C=CC(C)(C)O2. The second-order valence-electron chi connectivity index (χ2n) is 13.1. The van der Waals surface area contributed by atoms with Crippen molar-refractivity contribution in [3.63, 3.8) is 0 Å². The van der Waals surface area contributed by atoms with Crippen LogP contribution >= 0.6 is 0 Å². The predicted octanol–water partition coefficient (Wildman–Crippen LogP) is 5.56. The average Bonchev–Trinajstić information content (AvgIpc) is 3.04. The van der Waals surface area contributed by atoms with E-state index in [0.29, 0.717) is 47.5 Å². The average molecular weight is 561 g/mol. The van der Waals surface area contributed by atoms with E-state index in [-0.39, 0.29) is 41.0 Å². The van der Waals surface area contributed by atoms with Crippen LogP contribution in [0.1, 0.15) is 82.8 Å². The lowest BCUT2D eigenvalue weighted by Gasteiger charge is -2.56. The number of fused-ring (bicyclic) bond motifs is 2. The van der Waals surface area contributed by atoms with Gasteiger partial charge in [0.25, 0.3) is 6.47 Å². The molecular formula is C33H36O8. The highest BCUT2D eigenvalue weighted by atomic mass is 16.6. The Kier molecular flexibility index (Phi) is 5.82. The van der Waals surface area contributed by atoms with Gasteiger partial charge in [-0.2, -0.15) is 0 Å². The van der Waals surface area contributed by atoms with Gasteiger partial charge in [-0.15, -0.1) is 0 Å². The molecule has 0 aromatic heterocycles. The second kappa shape index (κ2) is 8.68. The molecule has 1 spiro atoms. The van der Waals surface area contributed by atoms with E-state index < -0.39 is 28.3 Å². The molecule has 4 atom stereocenters. The van der Waals surface area contributed by atoms with Gasteiger partial charge >= 0.3 is 0 Å². The van der Waals surface area contributed by atoms with Crippen LogP contribution in [0.25, 0.3) is 6.08 Å². The molecule has 2 fully saturated rings. The summed E-state index contributed by atoms with van der Waals surface area (Å²) in [7, 11) is 0. The van der Waals surface area contributed by atoms with Gasteiger partial charge in [0, 0.05) is 29.4 Å². The lowest BCUT2D eigenvalue weighted by atomic mass is 9.51. The number of hydrogen-bond donors (Lipinski definition) is 1. The summed E-state index contributed by atoms with van der Waals surface area (Å²) in [6.07, 6.45) is 9.94. The molecule has 8 heteroatoms. The summed E-state index contributed by atoms with van der Waals surface area (Å²) in [4.78, 5) is 39.7. The van der Waals surface area contributed by atoms with Crippen LogP contribution in [0.15, 0.2) is 41.2 Å². The number of Topliss-reactive ketones (excluding diaryl/α,β-unsaturated/α-hetero) is 2. The van der Waals surface area contributed by atoms with E-state index in [4.69, 9.17) is 18.9 Å². The molecule has 4 bridgehead atoms. The molecule has 41 heavy (non-hydrogen) atoms. The van der Waals surface area contributed by atoms with Crippen molar-refractivity contribution in [2.24, 2.45) is 11.8 Å². The van der Waals surface area contributed by atoms with Crippen molar-refractivity contribution in [1.82, 2.24) is 0 Å². The van der Waals surface area contributed by atoms with Gasteiger partial charge in [-0.05, 0) is 79.5 Å². The number of hydrogen-bond acceptors (Lipinski definition) is 8. The first kappa shape index (κ1) is 27.5. The Morgan fingerprint density at radius 3 is 2.51 bits per heavy atom. The quantitative estimate of drug-likeness (QED) is 0.274. The summed E-state index contributed by atoms with van der Waals surface area (Å²) in [5.74, 6) is -0.617. The Morgan fingerprint density at radius 1 is 1.10 bits per heavy atom. The number of benzene rings is 1. The number of phenolic OH excluding ortho intramolecular Hbond substituents is 1. The third kappa shape index (κ3) is 3.59. The maximum atomic E-state index is 14.5. The van der Waals surface area contributed by atoms with Gasteiger partial charge in [0.1, 0.15) is 34.2 Å². The summed E-state index contributed by atoms with van der Waals surface area (Å²) in [5.41, 5.74) is -1.89. The van der Waals surface area contributed by atoms with E-state index in [1.807, 2.05) is 53.7 Å². The van der Waals surface area contributed by atoms with E-state index in [0.717, 1.165) is 5.57 Å². The number of ketones is 2. The molecule has 3 aliphatic heterocycles. The highest BCUT2D eigenvalue weighted by Gasteiger charge is 2.81. The van der Waals surface area contributed by atoms with Gasteiger partial charge in [0.05, 0.1) is 11.2 Å². The zero-order valence-electron chi connectivity index (χ0n) is 24.5. The van der Waals surface area contributed by atoms with Crippen molar-refractivity contribution in [3.8, 4) is 17.2 Å². The first-order valence-electron chi connectivity index (χ1n) is 14.1. The number of carbonyl (C=O) groups excluding carboxylic acids is 3. The molecule has 1 N–H and O–H groups in total. The molecule has 216 valence electrons. The molecule has 2 unspecified atom stereocenters. The fourth-order valence-electron chi connectivity index (χ4n) is 7.47. The third-order valence-electron chi connectivity index (χ3n) is 9.25. The summed E-state index contributed by atoms with van der Waals surface area (Å²) in [5, 5.41) is 11.6. The van der Waals surface area contributed by atoms with Crippen LogP contribution in [-0.4, -0.2) is 45.5 Å². The molecule has 3 heterocycles. The van der Waals surface area contributed by atoms with Gasteiger partial charge in [0.2, 0.25) is 0 Å². The largest absolute Gasteiger partial charge is 0.506 e. The molecule has 1 aromatic carbocycles. The molecule has 6 aliphatic rings. The summed E-state index contributed by atoms with van der Waals surface area (Å²) in [6, 6.07) is 0. The van der Waals surface area contributed by atoms with Crippen LogP contribution in [0.3, 0.4) is 0 Å². The maximum Gasteiger partial charge on any atom is 0.298 e. The Hall–Kier alpha value is -3.65. The Morgan fingerprint density at radius 2 is 1.83 bits per heavy atom. The van der Waals surface area contributed by atoms with Crippen LogP contribution in [-0.2, 0) is 25.5 Å². The molecule has 1 aromatic rings. The van der Waals surface area contributed by atoms with Crippen LogP contribution in [0.4, 0.5) is 0 Å².